The van der Waals surface area contributed by atoms with E-state index < -0.39 is 7.82 Å². The van der Waals surface area contributed by atoms with Gasteiger partial charge in [-0.3, -0.25) is 4.57 Å². The third-order valence-corrected chi connectivity index (χ3v) is 5.59. The quantitative estimate of drug-likeness (QED) is 0.180. The van der Waals surface area contributed by atoms with Gasteiger partial charge in [0.05, 0.1) is 27.2 Å². The molecule has 0 bridgehead atoms. The molecule has 26 heavy (non-hydrogen) atoms. The van der Waals surface area contributed by atoms with Crippen LogP contribution in [0.15, 0.2) is 0 Å². The van der Waals surface area contributed by atoms with E-state index in [1.165, 1.54) is 44.9 Å². The number of phosphoric acid groups is 1. The second kappa shape index (κ2) is 15.0. The fraction of sp³-hybridized carbons (Fsp3) is 1.00. The molecule has 0 saturated carbocycles. The molecule has 158 valence electrons. The predicted molar refractivity (Wildman–Crippen MR) is 108 cm³/mol. The minimum atomic E-state index is -4.20. The Morgan fingerprint density at radius 2 is 1.38 bits per heavy atom. The van der Waals surface area contributed by atoms with Crippen molar-refractivity contribution in [3.63, 3.8) is 0 Å². The van der Waals surface area contributed by atoms with Crippen LogP contribution < -0.4 is 4.89 Å². The zero-order valence-electron chi connectivity index (χ0n) is 18.0. The van der Waals surface area contributed by atoms with Crippen molar-refractivity contribution >= 4 is 7.82 Å². The molecule has 0 aliphatic heterocycles. The average molecular weight is 394 g/mol. The monoisotopic (exact) mass is 393 g/mol. The number of likely N-dealkylation sites (N-methyl/N-ethyl adjacent to an activating group) is 1. The highest BCUT2D eigenvalue weighted by Gasteiger charge is 2.19. The van der Waals surface area contributed by atoms with Crippen LogP contribution in [0.5, 0.6) is 0 Å². The van der Waals surface area contributed by atoms with Gasteiger partial charge in [-0.05, 0) is 12.8 Å². The second-order valence-corrected chi connectivity index (χ2v) is 9.79. The van der Waals surface area contributed by atoms with E-state index in [-0.39, 0.29) is 12.7 Å². The Morgan fingerprint density at radius 3 is 1.88 bits per heavy atom. The van der Waals surface area contributed by atoms with E-state index in [1.807, 2.05) is 21.1 Å². The van der Waals surface area contributed by atoms with Crippen LogP contribution in [0.25, 0.3) is 0 Å². The van der Waals surface area contributed by atoms with Crippen molar-refractivity contribution in [3.8, 4) is 0 Å². The van der Waals surface area contributed by atoms with E-state index in [9.17, 15) is 9.46 Å². The molecule has 5 nitrogen and oxygen atoms in total. The molecule has 0 radical (unpaired) electrons. The summed E-state index contributed by atoms with van der Waals surface area (Å²) in [5.41, 5.74) is 0. The number of rotatable bonds is 18. The minimum absolute atomic E-state index is 0.168. The molecular weight excluding hydrogens is 349 g/mol. The summed E-state index contributed by atoms with van der Waals surface area (Å²) in [5.74, 6) is 0. The first kappa shape index (κ1) is 26.1. The number of hydrogen-bond donors (Lipinski definition) is 0. The van der Waals surface area contributed by atoms with Crippen LogP contribution in [-0.2, 0) is 13.6 Å². The van der Waals surface area contributed by atoms with Gasteiger partial charge in [-0.15, -0.1) is 0 Å². The van der Waals surface area contributed by atoms with Crippen molar-refractivity contribution in [1.82, 2.24) is 0 Å². The topological polar surface area (TPSA) is 58.6 Å². The van der Waals surface area contributed by atoms with Crippen LogP contribution in [0.2, 0.25) is 0 Å². The smallest absolute Gasteiger partial charge is 0.268 e. The summed E-state index contributed by atoms with van der Waals surface area (Å²) in [7, 11) is 1.81. The summed E-state index contributed by atoms with van der Waals surface area (Å²) in [6.45, 7) is 5.10. The molecule has 0 saturated heterocycles. The Hall–Kier alpha value is 0.0700. The zero-order chi connectivity index (χ0) is 19.9. The molecular formula is C20H44NO4P. The predicted octanol–water partition coefficient (Wildman–Crippen LogP) is 5.28. The summed E-state index contributed by atoms with van der Waals surface area (Å²) in [6.07, 6.45) is 13.6. The molecule has 0 aromatic rings. The van der Waals surface area contributed by atoms with Crippen LogP contribution >= 0.6 is 7.82 Å². The molecule has 2 atom stereocenters. The molecule has 0 aromatic heterocycles. The highest BCUT2D eigenvalue weighted by atomic mass is 31.2. The normalized spacial score (nSPS) is 15.8. The van der Waals surface area contributed by atoms with Gasteiger partial charge < -0.3 is 18.4 Å². The number of unbranched alkanes of at least 4 members (excludes halogenated alkanes) is 8. The number of quaternary nitrogens is 1. The molecule has 0 aliphatic rings. The van der Waals surface area contributed by atoms with Crippen LogP contribution in [0.3, 0.4) is 0 Å². The lowest BCUT2D eigenvalue weighted by Crippen LogP contribution is -2.37. The fourth-order valence-corrected chi connectivity index (χ4v) is 3.84. The summed E-state index contributed by atoms with van der Waals surface area (Å²) in [5, 5.41) is 0. The Bertz CT molecular complexity index is 371. The van der Waals surface area contributed by atoms with E-state index >= 15 is 0 Å². The molecule has 0 fully saturated rings. The number of phosphoric ester groups is 1. The van der Waals surface area contributed by atoms with Gasteiger partial charge in [-0.1, -0.05) is 78.1 Å². The highest BCUT2D eigenvalue weighted by Crippen LogP contribution is 2.41. The van der Waals surface area contributed by atoms with Crippen LogP contribution in [-0.4, -0.2) is 44.9 Å². The first-order valence-corrected chi connectivity index (χ1v) is 12.1. The molecule has 0 aromatic carbocycles. The standard InChI is InChI=1S/C20H44NO4P/c1-6-8-9-10-11-12-13-14-15-17-20(16-7-2)25-26(22,23)24-19-18-21(3,4)5/h20H,6-19H2,1-5H3. The highest BCUT2D eigenvalue weighted by molar-refractivity contribution is 7.45. The largest absolute Gasteiger partial charge is 0.756 e. The maximum absolute atomic E-state index is 12.0. The summed E-state index contributed by atoms with van der Waals surface area (Å²) in [6, 6.07) is 0. The molecule has 6 heteroatoms. The van der Waals surface area contributed by atoms with E-state index in [0.717, 1.165) is 32.1 Å². The van der Waals surface area contributed by atoms with Gasteiger partial charge in [0.15, 0.2) is 0 Å². The van der Waals surface area contributed by atoms with Gasteiger partial charge >= 0.3 is 0 Å². The lowest BCUT2D eigenvalue weighted by atomic mass is 10.0. The van der Waals surface area contributed by atoms with Crippen molar-refractivity contribution in [2.75, 3.05) is 34.3 Å². The lowest BCUT2D eigenvalue weighted by molar-refractivity contribution is -0.870. The van der Waals surface area contributed by atoms with Gasteiger partial charge in [0.1, 0.15) is 13.2 Å². The van der Waals surface area contributed by atoms with Crippen molar-refractivity contribution < 1.29 is 23.0 Å². The van der Waals surface area contributed by atoms with Gasteiger partial charge in [-0.25, -0.2) is 0 Å². The Kier molecular flexibility index (Phi) is 15.1. The van der Waals surface area contributed by atoms with Crippen molar-refractivity contribution in [2.24, 2.45) is 0 Å². The summed E-state index contributed by atoms with van der Waals surface area (Å²) >= 11 is 0. The molecule has 0 rings (SSSR count). The summed E-state index contributed by atoms with van der Waals surface area (Å²) < 4.78 is 23.1. The third-order valence-electron chi connectivity index (χ3n) is 4.53. The molecule has 0 heterocycles. The molecule has 0 spiro atoms. The van der Waals surface area contributed by atoms with Crippen LogP contribution in [0.4, 0.5) is 0 Å². The molecule has 0 N–H and O–H groups in total. The van der Waals surface area contributed by atoms with Gasteiger partial charge in [0, 0.05) is 0 Å². The zero-order valence-corrected chi connectivity index (χ0v) is 18.9. The molecule has 0 aliphatic carbocycles. The van der Waals surface area contributed by atoms with Crippen LogP contribution in [0, 0.1) is 0 Å². The van der Waals surface area contributed by atoms with Gasteiger partial charge in [0.25, 0.3) is 7.82 Å². The first-order chi connectivity index (χ1) is 12.2. The van der Waals surface area contributed by atoms with E-state index in [0.29, 0.717) is 11.0 Å². The number of nitrogens with zero attached hydrogens (tertiary/aromatic N) is 1. The van der Waals surface area contributed by atoms with Crippen molar-refractivity contribution in [2.45, 2.75) is 97.0 Å². The maximum Gasteiger partial charge on any atom is 0.268 e. The fourth-order valence-electron chi connectivity index (χ4n) is 2.89. The Morgan fingerprint density at radius 1 is 0.846 bits per heavy atom. The second-order valence-electron chi connectivity index (χ2n) is 8.43. The van der Waals surface area contributed by atoms with E-state index in [4.69, 9.17) is 9.05 Å². The Labute approximate surface area is 162 Å². The van der Waals surface area contributed by atoms with Gasteiger partial charge in [0.2, 0.25) is 0 Å². The summed E-state index contributed by atoms with van der Waals surface area (Å²) in [4.78, 5) is 12.0. The third kappa shape index (κ3) is 17.5. The van der Waals surface area contributed by atoms with Crippen LogP contribution in [0.1, 0.15) is 90.9 Å². The van der Waals surface area contributed by atoms with Crippen molar-refractivity contribution in [1.29, 1.82) is 0 Å². The Balaban J connectivity index is 3.95. The first-order valence-electron chi connectivity index (χ1n) is 10.6. The van der Waals surface area contributed by atoms with Crippen molar-refractivity contribution in [3.05, 3.63) is 0 Å². The minimum Gasteiger partial charge on any atom is -0.756 e. The average Bonchev–Trinajstić information content (AvgIpc) is 2.51. The van der Waals surface area contributed by atoms with E-state index in [2.05, 4.69) is 13.8 Å². The maximum atomic E-state index is 12.0. The van der Waals surface area contributed by atoms with E-state index in [1.54, 1.807) is 0 Å². The molecule has 0 amide bonds. The SMILES string of the molecule is CCCCCCCCCCCC(CCC)OP(=O)([O-])OCC[N+](C)(C)C. The van der Waals surface area contributed by atoms with Gasteiger partial charge in [-0.2, -0.15) is 0 Å². The molecule has 2 unspecified atom stereocenters. The number of hydrogen-bond acceptors (Lipinski definition) is 4. The lowest BCUT2D eigenvalue weighted by Gasteiger charge is -2.30.